The maximum absolute atomic E-state index is 5.58. The summed E-state index contributed by atoms with van der Waals surface area (Å²) in [6.07, 6.45) is 0. The van der Waals surface area contributed by atoms with Crippen LogP contribution in [0.3, 0.4) is 0 Å². The molecular weight excluding hydrogens is 192 g/mol. The molecule has 0 radical (unpaired) electrons. The Labute approximate surface area is 80.8 Å². The predicted octanol–water partition coefficient (Wildman–Crippen LogP) is 0.494. The van der Waals surface area contributed by atoms with E-state index in [0.717, 1.165) is 11.0 Å². The van der Waals surface area contributed by atoms with E-state index in [1.54, 1.807) is 18.2 Å². The lowest BCUT2D eigenvalue weighted by molar-refractivity contribution is 0.139. The van der Waals surface area contributed by atoms with Crippen molar-refractivity contribution in [2.24, 2.45) is 0 Å². The van der Waals surface area contributed by atoms with Crippen LogP contribution >= 0.6 is 12.4 Å². The fourth-order valence-corrected chi connectivity index (χ4v) is 1.05. The van der Waals surface area contributed by atoms with Gasteiger partial charge < -0.3 is 10.6 Å². The zero-order chi connectivity index (χ0) is 8.55. The second-order valence-electron chi connectivity index (χ2n) is 2.39. The van der Waals surface area contributed by atoms with Gasteiger partial charge in [-0.15, -0.1) is 17.5 Å². The van der Waals surface area contributed by atoms with Crippen LogP contribution in [0.5, 0.6) is 0 Å². The van der Waals surface area contributed by atoms with E-state index in [1.165, 1.54) is 12.0 Å². The van der Waals surface area contributed by atoms with Gasteiger partial charge >= 0.3 is 0 Å². The first-order valence-electron chi connectivity index (χ1n) is 3.46. The number of fused-ring (bicyclic) bond motifs is 1. The molecule has 0 saturated heterocycles. The molecule has 0 aliphatic rings. The summed E-state index contributed by atoms with van der Waals surface area (Å²) in [7, 11) is 1.53. The summed E-state index contributed by atoms with van der Waals surface area (Å²) in [5.74, 6) is 0. The number of halogens is 1. The summed E-state index contributed by atoms with van der Waals surface area (Å²) in [6, 6.07) is 5.34. The van der Waals surface area contributed by atoms with Crippen LogP contribution in [0.25, 0.3) is 11.0 Å². The predicted molar refractivity (Wildman–Crippen MR) is 51.7 cm³/mol. The maximum atomic E-state index is 5.58. The summed E-state index contributed by atoms with van der Waals surface area (Å²) in [5.41, 5.74) is 7.80. The molecule has 1 aromatic carbocycles. The van der Waals surface area contributed by atoms with Crippen LogP contribution in [0.2, 0.25) is 0 Å². The Morgan fingerprint density at radius 3 is 2.92 bits per heavy atom. The zero-order valence-corrected chi connectivity index (χ0v) is 7.78. The highest BCUT2D eigenvalue weighted by Gasteiger charge is 2.02. The second-order valence-corrected chi connectivity index (χ2v) is 2.39. The monoisotopic (exact) mass is 200 g/mol. The molecule has 0 atom stereocenters. The first-order valence-corrected chi connectivity index (χ1v) is 3.46. The molecule has 1 aromatic heterocycles. The molecular formula is C7H9ClN4O. The van der Waals surface area contributed by atoms with Crippen molar-refractivity contribution in [3.63, 3.8) is 0 Å². The summed E-state index contributed by atoms with van der Waals surface area (Å²) in [4.78, 5) is 6.24. The average Bonchev–Trinajstić information content (AvgIpc) is 2.46. The minimum atomic E-state index is 0. The number of nitrogens with zero attached hydrogens (tertiary/aromatic N) is 3. The molecule has 1 heterocycles. The van der Waals surface area contributed by atoms with Gasteiger partial charge in [0, 0.05) is 5.69 Å². The molecule has 0 amide bonds. The van der Waals surface area contributed by atoms with Gasteiger partial charge in [-0.3, -0.25) is 0 Å². The maximum Gasteiger partial charge on any atom is 0.132 e. The van der Waals surface area contributed by atoms with E-state index in [1.807, 2.05) is 0 Å². The highest BCUT2D eigenvalue weighted by molar-refractivity contribution is 5.85. The third-order valence-electron chi connectivity index (χ3n) is 1.61. The Morgan fingerprint density at radius 1 is 1.46 bits per heavy atom. The van der Waals surface area contributed by atoms with Gasteiger partial charge in [0.2, 0.25) is 0 Å². The molecule has 5 nitrogen and oxygen atoms in total. The van der Waals surface area contributed by atoms with Crippen LogP contribution in [0, 0.1) is 0 Å². The van der Waals surface area contributed by atoms with Crippen molar-refractivity contribution in [1.29, 1.82) is 0 Å². The van der Waals surface area contributed by atoms with Crippen LogP contribution in [-0.4, -0.2) is 22.3 Å². The minimum Gasteiger partial charge on any atom is -0.399 e. The Bertz CT molecular complexity index is 414. The summed E-state index contributed by atoms with van der Waals surface area (Å²) < 4.78 is 0. The number of anilines is 1. The lowest BCUT2D eigenvalue weighted by Crippen LogP contribution is -2.07. The Hall–Kier alpha value is -1.49. The number of aromatic nitrogens is 3. The summed E-state index contributed by atoms with van der Waals surface area (Å²) in [6.45, 7) is 0. The highest BCUT2D eigenvalue weighted by atomic mass is 35.5. The van der Waals surface area contributed by atoms with E-state index in [-0.39, 0.29) is 12.4 Å². The van der Waals surface area contributed by atoms with Crippen molar-refractivity contribution in [2.75, 3.05) is 12.8 Å². The SMILES string of the molecule is COn1nnc2ccc(N)cc21.Cl. The third-order valence-corrected chi connectivity index (χ3v) is 1.61. The van der Waals surface area contributed by atoms with Crippen molar-refractivity contribution in [2.45, 2.75) is 0 Å². The molecule has 6 heteroatoms. The van der Waals surface area contributed by atoms with Crippen LogP contribution in [0.15, 0.2) is 18.2 Å². The number of hydrogen-bond acceptors (Lipinski definition) is 4. The molecule has 13 heavy (non-hydrogen) atoms. The quantitative estimate of drug-likeness (QED) is 0.681. The topological polar surface area (TPSA) is 66.0 Å². The molecule has 0 saturated carbocycles. The van der Waals surface area contributed by atoms with E-state index < -0.39 is 0 Å². The van der Waals surface area contributed by atoms with Gasteiger partial charge in [0.25, 0.3) is 0 Å². The fraction of sp³-hybridized carbons (Fsp3) is 0.143. The highest BCUT2D eigenvalue weighted by Crippen LogP contribution is 2.13. The van der Waals surface area contributed by atoms with Gasteiger partial charge in [0.05, 0.1) is 0 Å². The smallest absolute Gasteiger partial charge is 0.132 e. The van der Waals surface area contributed by atoms with Gasteiger partial charge in [-0.25, -0.2) is 0 Å². The van der Waals surface area contributed by atoms with Crippen molar-refractivity contribution in [1.82, 2.24) is 15.2 Å². The van der Waals surface area contributed by atoms with Gasteiger partial charge in [-0.1, -0.05) is 4.85 Å². The fourth-order valence-electron chi connectivity index (χ4n) is 1.05. The van der Waals surface area contributed by atoms with Crippen LogP contribution in [-0.2, 0) is 0 Å². The van der Waals surface area contributed by atoms with Gasteiger partial charge in [0.1, 0.15) is 18.1 Å². The number of benzene rings is 1. The Morgan fingerprint density at radius 2 is 2.23 bits per heavy atom. The average molecular weight is 201 g/mol. The molecule has 0 aliphatic heterocycles. The standard InChI is InChI=1S/C7H8N4O.ClH/c1-12-11-7-4-5(8)2-3-6(7)9-10-11;/h2-4H,8H2,1H3;1H. The first kappa shape index (κ1) is 9.60. The van der Waals surface area contributed by atoms with E-state index in [4.69, 9.17) is 10.6 Å². The Balaban J connectivity index is 0.000000845. The summed E-state index contributed by atoms with van der Waals surface area (Å²) >= 11 is 0. The molecule has 2 rings (SSSR count). The van der Waals surface area contributed by atoms with Crippen molar-refractivity contribution in [3.8, 4) is 0 Å². The lowest BCUT2D eigenvalue weighted by atomic mass is 10.3. The van der Waals surface area contributed by atoms with Crippen molar-refractivity contribution < 1.29 is 4.84 Å². The third kappa shape index (κ3) is 1.50. The molecule has 2 N–H and O–H groups in total. The van der Waals surface area contributed by atoms with E-state index >= 15 is 0 Å². The van der Waals surface area contributed by atoms with E-state index in [2.05, 4.69) is 10.3 Å². The molecule has 0 spiro atoms. The molecule has 0 aliphatic carbocycles. The molecule has 70 valence electrons. The number of nitrogens with two attached hydrogens (primary N) is 1. The van der Waals surface area contributed by atoms with Crippen molar-refractivity contribution in [3.05, 3.63) is 18.2 Å². The number of hydrogen-bond donors (Lipinski definition) is 1. The Kier molecular flexibility index (Phi) is 2.57. The summed E-state index contributed by atoms with van der Waals surface area (Å²) in [5, 5.41) is 7.61. The normalized spacial score (nSPS) is 9.62. The van der Waals surface area contributed by atoms with Gasteiger partial charge in [-0.2, -0.15) is 0 Å². The molecule has 0 unspecified atom stereocenters. The van der Waals surface area contributed by atoms with Crippen molar-refractivity contribution >= 4 is 29.1 Å². The molecule has 2 aromatic rings. The van der Waals surface area contributed by atoms with Gasteiger partial charge in [0.15, 0.2) is 0 Å². The first-order chi connectivity index (χ1) is 5.81. The van der Waals surface area contributed by atoms with Gasteiger partial charge in [-0.05, 0) is 23.4 Å². The lowest BCUT2D eigenvalue weighted by Gasteiger charge is -1.97. The molecule has 0 fully saturated rings. The molecule has 0 bridgehead atoms. The largest absolute Gasteiger partial charge is 0.399 e. The van der Waals surface area contributed by atoms with Crippen LogP contribution in [0.4, 0.5) is 5.69 Å². The number of nitrogen functional groups attached to an aromatic ring is 1. The van der Waals surface area contributed by atoms with Crippen LogP contribution < -0.4 is 10.6 Å². The second kappa shape index (κ2) is 3.49. The number of rotatable bonds is 1. The van der Waals surface area contributed by atoms with Crippen LogP contribution in [0.1, 0.15) is 0 Å². The zero-order valence-electron chi connectivity index (χ0n) is 6.97. The van der Waals surface area contributed by atoms with E-state index in [9.17, 15) is 0 Å². The minimum absolute atomic E-state index is 0. The van der Waals surface area contributed by atoms with E-state index in [0.29, 0.717) is 5.69 Å².